The summed E-state index contributed by atoms with van der Waals surface area (Å²) in [5.74, 6) is 0.476. The summed E-state index contributed by atoms with van der Waals surface area (Å²) in [6, 6.07) is 9.76. The number of nitrogens with one attached hydrogen (secondary N) is 1. The number of benzene rings is 1. The molecule has 1 amide bonds. The van der Waals surface area contributed by atoms with E-state index in [1.165, 1.54) is 5.56 Å². The quantitative estimate of drug-likeness (QED) is 0.634. The first-order valence-electron chi connectivity index (χ1n) is 10.6. The Labute approximate surface area is 187 Å². The van der Waals surface area contributed by atoms with Crippen molar-refractivity contribution in [1.82, 2.24) is 14.9 Å². The van der Waals surface area contributed by atoms with Gasteiger partial charge in [0, 0.05) is 42.0 Å². The van der Waals surface area contributed by atoms with E-state index in [0.717, 1.165) is 28.7 Å². The van der Waals surface area contributed by atoms with Crippen LogP contribution < -0.4 is 10.1 Å². The fourth-order valence-electron chi connectivity index (χ4n) is 3.74. The molecule has 0 saturated carbocycles. The van der Waals surface area contributed by atoms with Gasteiger partial charge in [-0.2, -0.15) is 4.98 Å². The lowest BCUT2D eigenvalue weighted by Gasteiger charge is -2.31. The zero-order chi connectivity index (χ0) is 22.9. The summed E-state index contributed by atoms with van der Waals surface area (Å²) in [4.78, 5) is 23.0. The van der Waals surface area contributed by atoms with Crippen LogP contribution in [0.2, 0.25) is 0 Å². The smallest absolute Gasteiger partial charge is 0.410 e. The number of hydrogen-bond donors (Lipinski definition) is 2. The summed E-state index contributed by atoms with van der Waals surface area (Å²) in [5.41, 5.74) is 4.54. The van der Waals surface area contributed by atoms with Crippen LogP contribution in [-0.2, 0) is 24.3 Å². The van der Waals surface area contributed by atoms with Gasteiger partial charge in [0.15, 0.2) is 5.65 Å². The van der Waals surface area contributed by atoms with Crippen molar-refractivity contribution in [3.05, 3.63) is 53.2 Å². The van der Waals surface area contributed by atoms with E-state index >= 15 is 0 Å². The van der Waals surface area contributed by atoms with E-state index in [1.807, 2.05) is 39.0 Å². The highest BCUT2D eigenvalue weighted by Gasteiger charge is 2.26. The number of methoxy groups -OCH3 is 1. The second-order valence-electron chi connectivity index (χ2n) is 8.80. The van der Waals surface area contributed by atoms with Crippen LogP contribution >= 0.6 is 0 Å². The van der Waals surface area contributed by atoms with Crippen molar-refractivity contribution >= 4 is 28.5 Å². The lowest BCUT2D eigenvalue weighted by Crippen LogP contribution is -2.39. The van der Waals surface area contributed by atoms with Crippen molar-refractivity contribution in [2.24, 2.45) is 0 Å². The Kier molecular flexibility index (Phi) is 5.88. The lowest BCUT2D eigenvalue weighted by molar-refractivity contribution is 0.0224. The Morgan fingerprint density at radius 1 is 1.22 bits per heavy atom. The highest BCUT2D eigenvalue weighted by Crippen LogP contribution is 2.31. The molecule has 0 spiro atoms. The van der Waals surface area contributed by atoms with E-state index < -0.39 is 5.60 Å². The van der Waals surface area contributed by atoms with Crippen molar-refractivity contribution in [3.8, 4) is 5.88 Å². The van der Waals surface area contributed by atoms with Crippen LogP contribution in [0.3, 0.4) is 0 Å². The largest absolute Gasteiger partial charge is 0.481 e. The van der Waals surface area contributed by atoms with Crippen molar-refractivity contribution < 1.29 is 19.4 Å². The first kappa shape index (κ1) is 21.8. The normalized spacial score (nSPS) is 13.6. The molecule has 0 fully saturated rings. The van der Waals surface area contributed by atoms with Gasteiger partial charge >= 0.3 is 6.09 Å². The summed E-state index contributed by atoms with van der Waals surface area (Å²) < 4.78 is 10.7. The number of hydrogen-bond acceptors (Lipinski definition) is 7. The van der Waals surface area contributed by atoms with Crippen LogP contribution in [0.1, 0.15) is 37.5 Å². The molecule has 1 aromatic carbocycles. The van der Waals surface area contributed by atoms with Gasteiger partial charge in [0.05, 0.1) is 19.4 Å². The third kappa shape index (κ3) is 4.60. The second kappa shape index (κ2) is 8.63. The van der Waals surface area contributed by atoms with Gasteiger partial charge in [-0.15, -0.1) is 0 Å². The fourth-order valence-corrected chi connectivity index (χ4v) is 3.74. The van der Waals surface area contributed by atoms with Gasteiger partial charge in [0.2, 0.25) is 5.88 Å². The molecule has 168 valence electrons. The van der Waals surface area contributed by atoms with Crippen LogP contribution in [0.4, 0.5) is 16.2 Å². The van der Waals surface area contributed by atoms with Crippen LogP contribution in [-0.4, -0.2) is 45.3 Å². The van der Waals surface area contributed by atoms with Crippen LogP contribution in [0.5, 0.6) is 5.88 Å². The Morgan fingerprint density at radius 2 is 2.03 bits per heavy atom. The van der Waals surface area contributed by atoms with Crippen LogP contribution in [0.15, 0.2) is 36.5 Å². The average molecular weight is 437 g/mol. The maximum absolute atomic E-state index is 12.5. The molecule has 1 aliphatic heterocycles. The average Bonchev–Trinajstić information content (AvgIpc) is 2.77. The van der Waals surface area contributed by atoms with Crippen molar-refractivity contribution in [1.29, 1.82) is 0 Å². The van der Waals surface area contributed by atoms with E-state index in [-0.39, 0.29) is 12.7 Å². The highest BCUT2D eigenvalue weighted by molar-refractivity contribution is 5.93. The summed E-state index contributed by atoms with van der Waals surface area (Å²) in [7, 11) is 1.56. The molecule has 4 rings (SSSR count). The fraction of sp³-hybridized carbons (Fsp3) is 0.375. The number of anilines is 2. The number of carbonyl (C=O) groups is 1. The predicted octanol–water partition coefficient (Wildman–Crippen LogP) is 4.17. The number of pyridine rings is 2. The second-order valence-corrected chi connectivity index (χ2v) is 8.80. The Balaban J connectivity index is 1.62. The minimum absolute atomic E-state index is 0.158. The SMILES string of the molecule is COc1ccc2c(Nc3ccc4c(c3)CN(C(=O)OC(C)(C)C)CC4)c(CO)cnc2n1. The molecule has 1 aliphatic rings. The number of fused-ring (bicyclic) bond motifs is 2. The van der Waals surface area contributed by atoms with E-state index in [4.69, 9.17) is 9.47 Å². The number of amides is 1. The molecule has 8 heteroatoms. The van der Waals surface area contributed by atoms with E-state index in [9.17, 15) is 9.90 Å². The Bertz CT molecular complexity index is 1160. The first-order valence-corrected chi connectivity index (χ1v) is 10.6. The Hall–Kier alpha value is -3.39. The number of nitrogens with zero attached hydrogens (tertiary/aromatic N) is 3. The van der Waals surface area contributed by atoms with Gasteiger partial charge < -0.3 is 24.8 Å². The number of aliphatic hydroxyl groups is 1. The van der Waals surface area contributed by atoms with Gasteiger partial charge in [-0.05, 0) is 56.5 Å². The molecule has 2 N–H and O–H groups in total. The third-order valence-electron chi connectivity index (χ3n) is 5.30. The first-order chi connectivity index (χ1) is 15.3. The van der Waals surface area contributed by atoms with Gasteiger partial charge in [-0.1, -0.05) is 6.07 Å². The molecule has 0 unspecified atom stereocenters. The van der Waals surface area contributed by atoms with Crippen molar-refractivity contribution in [2.75, 3.05) is 19.0 Å². The number of ether oxygens (including phenoxy) is 2. The molecular weight excluding hydrogens is 408 g/mol. The van der Waals surface area contributed by atoms with Gasteiger partial charge in [0.1, 0.15) is 5.60 Å². The molecule has 8 nitrogen and oxygen atoms in total. The molecule has 0 bridgehead atoms. The highest BCUT2D eigenvalue weighted by atomic mass is 16.6. The minimum atomic E-state index is -0.527. The van der Waals surface area contributed by atoms with Crippen molar-refractivity contribution in [3.63, 3.8) is 0 Å². The molecule has 32 heavy (non-hydrogen) atoms. The Morgan fingerprint density at radius 3 is 2.75 bits per heavy atom. The zero-order valence-electron chi connectivity index (χ0n) is 18.8. The molecule has 0 saturated heterocycles. The van der Waals surface area contributed by atoms with Crippen LogP contribution in [0, 0.1) is 0 Å². The molecule has 0 atom stereocenters. The molecule has 3 aromatic rings. The number of carbonyl (C=O) groups excluding carboxylic acids is 1. The monoisotopic (exact) mass is 436 g/mol. The van der Waals surface area contributed by atoms with Crippen molar-refractivity contribution in [2.45, 2.75) is 45.9 Å². The van der Waals surface area contributed by atoms with Gasteiger partial charge in [0.25, 0.3) is 0 Å². The summed E-state index contributed by atoms with van der Waals surface area (Å²) in [5, 5.41) is 14.1. The van der Waals surface area contributed by atoms with E-state index in [0.29, 0.717) is 30.2 Å². The number of aromatic nitrogens is 2. The molecule has 0 radical (unpaired) electrons. The molecule has 3 heterocycles. The maximum atomic E-state index is 12.5. The third-order valence-corrected chi connectivity index (χ3v) is 5.30. The van der Waals surface area contributed by atoms with E-state index in [2.05, 4.69) is 21.4 Å². The summed E-state index contributed by atoms with van der Waals surface area (Å²) >= 11 is 0. The summed E-state index contributed by atoms with van der Waals surface area (Å²) in [6.07, 6.45) is 2.09. The van der Waals surface area contributed by atoms with E-state index in [1.54, 1.807) is 24.3 Å². The van der Waals surface area contributed by atoms with Gasteiger partial charge in [-0.3, -0.25) is 0 Å². The topological polar surface area (TPSA) is 96.8 Å². The summed E-state index contributed by atoms with van der Waals surface area (Å²) in [6.45, 7) is 6.57. The lowest BCUT2D eigenvalue weighted by atomic mass is 9.99. The van der Waals surface area contributed by atoms with Gasteiger partial charge in [-0.25, -0.2) is 9.78 Å². The minimum Gasteiger partial charge on any atom is -0.481 e. The van der Waals surface area contributed by atoms with Crippen LogP contribution in [0.25, 0.3) is 11.0 Å². The zero-order valence-corrected chi connectivity index (χ0v) is 18.8. The molecule has 0 aliphatic carbocycles. The molecular formula is C24H28N4O4. The number of rotatable bonds is 4. The maximum Gasteiger partial charge on any atom is 0.410 e. The molecule has 2 aromatic heterocycles. The predicted molar refractivity (Wildman–Crippen MR) is 122 cm³/mol. The number of aliphatic hydroxyl groups excluding tert-OH is 1. The standard InChI is InChI=1S/C24H28N4O4/c1-24(2,3)32-23(30)28-10-9-15-5-6-18(11-16(15)13-28)26-21-17(14-29)12-25-22-19(21)7-8-20(27-22)31-4/h5-8,11-12,29H,9-10,13-14H2,1-4H3,(H,25,26,27).